The molecule has 0 radical (unpaired) electrons. The molecule has 0 aromatic rings. The second-order valence-electron chi connectivity index (χ2n) is 5.78. The Hall–Kier alpha value is -0.170. The van der Waals surface area contributed by atoms with Crippen molar-refractivity contribution in [3.05, 3.63) is 0 Å². The fourth-order valence-electron chi connectivity index (χ4n) is 3.17. The van der Waals surface area contributed by atoms with Crippen molar-refractivity contribution in [1.82, 2.24) is 5.43 Å². The maximum atomic E-state index is 11.6. The smallest absolute Gasteiger partial charge is 0.150 e. The molecule has 0 heterocycles. The van der Waals surface area contributed by atoms with Gasteiger partial charge in [0.25, 0.3) is 0 Å². The minimum atomic E-state index is -2.90. The lowest BCUT2D eigenvalue weighted by Gasteiger charge is -2.39. The molecule has 0 bridgehead atoms. The van der Waals surface area contributed by atoms with Crippen LogP contribution >= 0.6 is 0 Å². The first kappa shape index (κ1) is 17.9. The Morgan fingerprint density at radius 3 is 2.30 bits per heavy atom. The van der Waals surface area contributed by atoms with Gasteiger partial charge in [0.1, 0.15) is 9.84 Å². The molecule has 1 aliphatic rings. The molecule has 1 atom stereocenters. The molecule has 1 rings (SSSR count). The van der Waals surface area contributed by atoms with Crippen LogP contribution in [0.4, 0.5) is 0 Å². The summed E-state index contributed by atoms with van der Waals surface area (Å²) in [5.74, 6) is 6.17. The molecule has 1 unspecified atom stereocenters. The third-order valence-corrected chi connectivity index (χ3v) is 6.37. The first-order valence-corrected chi connectivity index (χ1v) is 9.53. The summed E-state index contributed by atoms with van der Waals surface area (Å²) < 4.78 is 29.0. The summed E-state index contributed by atoms with van der Waals surface area (Å²) in [4.78, 5) is 0. The van der Waals surface area contributed by atoms with Crippen molar-refractivity contribution in [2.24, 2.45) is 5.84 Å². The van der Waals surface area contributed by atoms with E-state index < -0.39 is 9.84 Å². The topological polar surface area (TPSA) is 81.4 Å². The highest BCUT2D eigenvalue weighted by atomic mass is 32.2. The summed E-state index contributed by atoms with van der Waals surface area (Å²) in [6.07, 6.45) is 8.16. The van der Waals surface area contributed by atoms with Crippen LogP contribution < -0.4 is 11.3 Å². The zero-order valence-corrected chi connectivity index (χ0v) is 13.7. The van der Waals surface area contributed by atoms with Gasteiger partial charge in [0.15, 0.2) is 0 Å². The van der Waals surface area contributed by atoms with Crippen LogP contribution in [0.3, 0.4) is 0 Å². The maximum absolute atomic E-state index is 11.6. The van der Waals surface area contributed by atoms with Crippen molar-refractivity contribution >= 4 is 9.84 Å². The van der Waals surface area contributed by atoms with Gasteiger partial charge in [0.2, 0.25) is 0 Å². The lowest BCUT2D eigenvalue weighted by atomic mass is 9.84. The monoisotopic (exact) mass is 306 g/mol. The summed E-state index contributed by atoms with van der Waals surface area (Å²) in [5, 5.41) is 0. The van der Waals surface area contributed by atoms with Crippen LogP contribution in [-0.4, -0.2) is 38.7 Å². The molecule has 5 nitrogen and oxygen atoms in total. The van der Waals surface area contributed by atoms with Crippen LogP contribution in [0.15, 0.2) is 0 Å². The Labute approximate surface area is 123 Å². The first-order chi connectivity index (χ1) is 9.49. The van der Waals surface area contributed by atoms with E-state index >= 15 is 0 Å². The van der Waals surface area contributed by atoms with Gasteiger partial charge in [-0.05, 0) is 25.7 Å². The predicted octanol–water partition coefficient (Wildman–Crippen LogP) is 1.77. The largest absolute Gasteiger partial charge is 0.377 e. The SMILES string of the molecule is CCS(=O)(=O)CCCC(NN)C1(OC)CCCCCC1. The Balaban J connectivity index is 2.62. The van der Waals surface area contributed by atoms with Crippen molar-refractivity contribution in [1.29, 1.82) is 0 Å². The number of nitrogens with two attached hydrogens (primary N) is 1. The molecule has 1 aliphatic carbocycles. The van der Waals surface area contributed by atoms with E-state index in [-0.39, 0.29) is 23.1 Å². The van der Waals surface area contributed by atoms with E-state index in [1.54, 1.807) is 14.0 Å². The highest BCUT2D eigenvalue weighted by molar-refractivity contribution is 7.91. The molecule has 6 heteroatoms. The van der Waals surface area contributed by atoms with Crippen molar-refractivity contribution < 1.29 is 13.2 Å². The molecule has 1 fully saturated rings. The van der Waals surface area contributed by atoms with Crippen LogP contribution in [-0.2, 0) is 14.6 Å². The number of nitrogens with one attached hydrogen (secondary N) is 1. The lowest BCUT2D eigenvalue weighted by Crippen LogP contribution is -2.54. The second-order valence-corrected chi connectivity index (χ2v) is 8.25. The molecule has 20 heavy (non-hydrogen) atoms. The molecule has 0 spiro atoms. The number of hydrazine groups is 1. The van der Waals surface area contributed by atoms with E-state index in [1.807, 2.05) is 0 Å². The number of hydrogen-bond donors (Lipinski definition) is 2. The van der Waals surface area contributed by atoms with Gasteiger partial charge >= 0.3 is 0 Å². The number of rotatable bonds is 8. The molecule has 0 aromatic carbocycles. The van der Waals surface area contributed by atoms with Crippen LogP contribution in [0, 0.1) is 0 Å². The molecule has 120 valence electrons. The lowest BCUT2D eigenvalue weighted by molar-refractivity contribution is -0.0549. The van der Waals surface area contributed by atoms with Crippen LogP contribution in [0.2, 0.25) is 0 Å². The van der Waals surface area contributed by atoms with Gasteiger partial charge in [-0.1, -0.05) is 32.6 Å². The minimum Gasteiger partial charge on any atom is -0.377 e. The predicted molar refractivity (Wildman–Crippen MR) is 82.1 cm³/mol. The van der Waals surface area contributed by atoms with Gasteiger partial charge < -0.3 is 4.74 Å². The van der Waals surface area contributed by atoms with E-state index in [0.29, 0.717) is 6.42 Å². The summed E-state index contributed by atoms with van der Waals surface area (Å²) in [5.41, 5.74) is 2.64. The Morgan fingerprint density at radius 1 is 1.25 bits per heavy atom. The maximum Gasteiger partial charge on any atom is 0.150 e. The normalized spacial score (nSPS) is 21.4. The van der Waals surface area contributed by atoms with Gasteiger partial charge in [0.05, 0.1) is 17.4 Å². The van der Waals surface area contributed by atoms with Crippen molar-refractivity contribution in [2.75, 3.05) is 18.6 Å². The standard InChI is InChI=1S/C14H30N2O3S/c1-3-20(17,18)12-8-9-13(16-15)14(19-2)10-6-4-5-7-11-14/h13,16H,3-12,15H2,1-2H3. The van der Waals surface area contributed by atoms with Gasteiger partial charge in [-0.2, -0.15) is 0 Å². The highest BCUT2D eigenvalue weighted by Gasteiger charge is 2.38. The van der Waals surface area contributed by atoms with Gasteiger partial charge in [0, 0.05) is 12.9 Å². The zero-order chi connectivity index (χ0) is 15.1. The number of hydrogen-bond acceptors (Lipinski definition) is 5. The first-order valence-electron chi connectivity index (χ1n) is 7.71. The summed E-state index contributed by atoms with van der Waals surface area (Å²) in [7, 11) is -1.15. The molecular weight excluding hydrogens is 276 g/mol. The van der Waals surface area contributed by atoms with E-state index in [0.717, 1.165) is 32.1 Å². The van der Waals surface area contributed by atoms with E-state index in [9.17, 15) is 8.42 Å². The third-order valence-electron chi connectivity index (χ3n) is 4.58. The van der Waals surface area contributed by atoms with Gasteiger partial charge in [-0.25, -0.2) is 8.42 Å². The summed E-state index contributed by atoms with van der Waals surface area (Å²) in [6.45, 7) is 1.69. The van der Waals surface area contributed by atoms with Crippen molar-refractivity contribution in [2.45, 2.75) is 69.9 Å². The summed E-state index contributed by atoms with van der Waals surface area (Å²) in [6, 6.07) is 0.0256. The third kappa shape index (κ3) is 4.98. The number of methoxy groups -OCH3 is 1. The quantitative estimate of drug-likeness (QED) is 0.406. The van der Waals surface area contributed by atoms with E-state index in [2.05, 4.69) is 5.43 Å². The van der Waals surface area contributed by atoms with Crippen LogP contribution in [0.25, 0.3) is 0 Å². The molecule has 0 saturated heterocycles. The fraction of sp³-hybridized carbons (Fsp3) is 1.00. The van der Waals surface area contributed by atoms with Crippen LogP contribution in [0.1, 0.15) is 58.3 Å². The molecular formula is C14H30N2O3S. The van der Waals surface area contributed by atoms with Crippen molar-refractivity contribution in [3.63, 3.8) is 0 Å². The number of ether oxygens (including phenoxy) is 1. The number of sulfone groups is 1. The molecule has 3 N–H and O–H groups in total. The fourth-order valence-corrected chi connectivity index (χ4v) is 4.07. The minimum absolute atomic E-state index is 0.0256. The average Bonchev–Trinajstić information content (AvgIpc) is 2.70. The zero-order valence-electron chi connectivity index (χ0n) is 12.9. The van der Waals surface area contributed by atoms with Crippen molar-refractivity contribution in [3.8, 4) is 0 Å². The molecule has 0 amide bonds. The van der Waals surface area contributed by atoms with E-state index in [1.165, 1.54) is 12.8 Å². The van der Waals surface area contributed by atoms with Gasteiger partial charge in [-0.15, -0.1) is 0 Å². The van der Waals surface area contributed by atoms with E-state index in [4.69, 9.17) is 10.6 Å². The van der Waals surface area contributed by atoms with Gasteiger partial charge in [-0.3, -0.25) is 11.3 Å². The summed E-state index contributed by atoms with van der Waals surface area (Å²) >= 11 is 0. The Bertz CT molecular complexity index is 363. The molecule has 1 saturated carbocycles. The Kier molecular flexibility index (Phi) is 7.43. The second kappa shape index (κ2) is 8.32. The molecule has 0 aromatic heterocycles. The highest BCUT2D eigenvalue weighted by Crippen LogP contribution is 2.34. The Morgan fingerprint density at radius 2 is 1.85 bits per heavy atom. The average molecular weight is 306 g/mol. The van der Waals surface area contributed by atoms with Crippen LogP contribution in [0.5, 0.6) is 0 Å². The molecule has 0 aliphatic heterocycles.